The zero-order valence-corrected chi connectivity index (χ0v) is 14.5. The lowest BCUT2D eigenvalue weighted by Crippen LogP contribution is -2.35. The Bertz CT molecular complexity index is 861. The molecule has 140 valence electrons. The van der Waals surface area contributed by atoms with E-state index in [0.717, 1.165) is 0 Å². The zero-order chi connectivity index (χ0) is 19.8. The minimum atomic E-state index is -0.904. The second kappa shape index (κ2) is 9.20. The van der Waals surface area contributed by atoms with Crippen LogP contribution in [0.25, 0.3) is 0 Å². The van der Waals surface area contributed by atoms with Gasteiger partial charge in [0.1, 0.15) is 22.9 Å². The number of benzene rings is 2. The number of amides is 1. The van der Waals surface area contributed by atoms with E-state index in [-0.39, 0.29) is 24.3 Å². The van der Waals surface area contributed by atoms with Gasteiger partial charge in [0, 0.05) is 12.2 Å². The van der Waals surface area contributed by atoms with Gasteiger partial charge in [-0.2, -0.15) is 5.26 Å². The van der Waals surface area contributed by atoms with Crippen LogP contribution in [-0.2, 0) is 9.53 Å². The van der Waals surface area contributed by atoms with Crippen LogP contribution in [-0.4, -0.2) is 37.2 Å². The molecule has 0 bridgehead atoms. The number of phenolic OH excluding ortho intramolecular Hbond substituents is 1. The van der Waals surface area contributed by atoms with Crippen molar-refractivity contribution in [2.24, 2.45) is 0 Å². The molecular formula is C19H17FN2O5. The summed E-state index contributed by atoms with van der Waals surface area (Å²) < 4.78 is 23.0. The Morgan fingerprint density at radius 3 is 2.56 bits per heavy atom. The summed E-state index contributed by atoms with van der Waals surface area (Å²) in [5.74, 6) is -1.93. The summed E-state index contributed by atoms with van der Waals surface area (Å²) >= 11 is 0. The number of nitrogens with zero attached hydrogens (tertiary/aromatic N) is 2. The number of carbonyl (C=O) groups is 2. The number of nitriles is 1. The number of hydrogen-bond donors (Lipinski definition) is 1. The number of anilines is 1. The highest BCUT2D eigenvalue weighted by molar-refractivity contribution is 5.98. The van der Waals surface area contributed by atoms with Crippen molar-refractivity contribution in [3.63, 3.8) is 0 Å². The second-order valence-electron chi connectivity index (χ2n) is 5.39. The third-order valence-corrected chi connectivity index (χ3v) is 3.64. The van der Waals surface area contributed by atoms with Gasteiger partial charge in [-0.1, -0.05) is 0 Å². The van der Waals surface area contributed by atoms with Crippen LogP contribution in [0, 0.1) is 17.1 Å². The molecule has 0 heterocycles. The number of carbonyl (C=O) groups excluding carboxylic acids is 2. The summed E-state index contributed by atoms with van der Waals surface area (Å²) in [4.78, 5) is 25.8. The van der Waals surface area contributed by atoms with Gasteiger partial charge < -0.3 is 19.5 Å². The Hall–Kier alpha value is -3.60. The monoisotopic (exact) mass is 372 g/mol. The number of halogens is 1. The van der Waals surface area contributed by atoms with E-state index in [1.165, 1.54) is 54.5 Å². The molecule has 0 aliphatic heterocycles. The maximum atomic E-state index is 13.1. The van der Waals surface area contributed by atoms with Crippen LogP contribution >= 0.6 is 0 Å². The molecule has 0 radical (unpaired) electrons. The zero-order valence-electron chi connectivity index (χ0n) is 14.5. The van der Waals surface area contributed by atoms with Gasteiger partial charge in [0.25, 0.3) is 5.91 Å². The molecule has 0 saturated heterocycles. The first-order valence-corrected chi connectivity index (χ1v) is 7.93. The minimum absolute atomic E-state index is 0.0493. The van der Waals surface area contributed by atoms with Crippen LogP contribution in [0.2, 0.25) is 0 Å². The highest BCUT2D eigenvalue weighted by Crippen LogP contribution is 2.23. The van der Waals surface area contributed by atoms with Crippen LogP contribution in [0.4, 0.5) is 10.1 Å². The van der Waals surface area contributed by atoms with Gasteiger partial charge in [0.05, 0.1) is 19.6 Å². The number of ether oxygens (including phenoxy) is 2. The highest BCUT2D eigenvalue weighted by Gasteiger charge is 2.20. The van der Waals surface area contributed by atoms with E-state index >= 15 is 0 Å². The molecule has 0 aliphatic carbocycles. The van der Waals surface area contributed by atoms with E-state index in [1.807, 2.05) is 6.07 Å². The smallest absolute Gasteiger partial charge is 0.342 e. The lowest BCUT2D eigenvalue weighted by molar-refractivity contribution is -0.121. The molecule has 1 amide bonds. The molecule has 0 unspecified atom stereocenters. The standard InChI is InChI=1S/C19H17FN2O5/c1-26-15-7-8-17(23)16(11-15)19(25)27-12-18(24)22(10-2-9-21)14-5-3-13(20)4-6-14/h3-8,11,23H,2,10,12H2,1H3. The number of hydrogen-bond acceptors (Lipinski definition) is 6. The van der Waals surface area contributed by atoms with Crippen molar-refractivity contribution < 1.29 is 28.6 Å². The molecule has 0 atom stereocenters. The Kier molecular flexibility index (Phi) is 6.72. The SMILES string of the molecule is COc1ccc(O)c(C(=O)OCC(=O)N(CCC#N)c2ccc(F)cc2)c1. The Labute approximate surface area is 155 Å². The first kappa shape index (κ1) is 19.7. The molecule has 27 heavy (non-hydrogen) atoms. The Morgan fingerprint density at radius 1 is 1.22 bits per heavy atom. The normalized spacial score (nSPS) is 9.96. The van der Waals surface area contributed by atoms with Crippen LogP contribution in [0.3, 0.4) is 0 Å². The molecule has 0 spiro atoms. The van der Waals surface area contributed by atoms with Gasteiger partial charge in [-0.05, 0) is 42.5 Å². The maximum Gasteiger partial charge on any atom is 0.342 e. The molecule has 2 aromatic rings. The summed E-state index contributed by atoms with van der Waals surface area (Å²) in [6, 6.07) is 11.1. The fourth-order valence-electron chi connectivity index (χ4n) is 2.27. The largest absolute Gasteiger partial charge is 0.507 e. The van der Waals surface area contributed by atoms with Gasteiger partial charge in [0.15, 0.2) is 6.61 Å². The van der Waals surface area contributed by atoms with Crippen LogP contribution in [0.5, 0.6) is 11.5 Å². The van der Waals surface area contributed by atoms with Crippen LogP contribution in [0.1, 0.15) is 16.8 Å². The minimum Gasteiger partial charge on any atom is -0.507 e. The number of rotatable bonds is 7. The number of methoxy groups -OCH3 is 1. The molecule has 0 fully saturated rings. The fraction of sp³-hybridized carbons (Fsp3) is 0.211. The van der Waals surface area contributed by atoms with Gasteiger partial charge in [-0.15, -0.1) is 0 Å². The molecule has 2 aromatic carbocycles. The number of esters is 1. The molecule has 1 N–H and O–H groups in total. The van der Waals surface area contributed by atoms with Gasteiger partial charge >= 0.3 is 5.97 Å². The van der Waals surface area contributed by atoms with Crippen molar-refractivity contribution in [2.75, 3.05) is 25.2 Å². The first-order chi connectivity index (χ1) is 13.0. The fourth-order valence-corrected chi connectivity index (χ4v) is 2.27. The van der Waals surface area contributed by atoms with Crippen molar-refractivity contribution in [3.05, 3.63) is 53.8 Å². The Balaban J connectivity index is 2.09. The highest BCUT2D eigenvalue weighted by atomic mass is 19.1. The number of phenols is 1. The quantitative estimate of drug-likeness (QED) is 0.750. The topological polar surface area (TPSA) is 99.9 Å². The third-order valence-electron chi connectivity index (χ3n) is 3.64. The van der Waals surface area contributed by atoms with Gasteiger partial charge in [-0.25, -0.2) is 9.18 Å². The summed E-state index contributed by atoms with van der Waals surface area (Å²) in [7, 11) is 1.40. The predicted octanol–water partition coefficient (Wildman–Crippen LogP) is 2.64. The number of aromatic hydroxyl groups is 1. The van der Waals surface area contributed by atoms with E-state index in [9.17, 15) is 19.1 Å². The molecule has 0 saturated carbocycles. The molecule has 0 aromatic heterocycles. The van der Waals surface area contributed by atoms with Crippen molar-refractivity contribution >= 4 is 17.6 Å². The van der Waals surface area contributed by atoms with E-state index < -0.39 is 24.3 Å². The third kappa shape index (κ3) is 5.19. The van der Waals surface area contributed by atoms with Crippen LogP contribution in [0.15, 0.2) is 42.5 Å². The van der Waals surface area contributed by atoms with Crippen molar-refractivity contribution in [3.8, 4) is 17.6 Å². The second-order valence-corrected chi connectivity index (χ2v) is 5.39. The lowest BCUT2D eigenvalue weighted by Gasteiger charge is -2.21. The van der Waals surface area contributed by atoms with E-state index in [0.29, 0.717) is 11.4 Å². The average Bonchev–Trinajstić information content (AvgIpc) is 2.68. The maximum absolute atomic E-state index is 13.1. The first-order valence-electron chi connectivity index (χ1n) is 7.93. The lowest BCUT2D eigenvalue weighted by atomic mass is 10.2. The molecule has 2 rings (SSSR count). The summed E-state index contributed by atoms with van der Waals surface area (Å²) in [5, 5.41) is 18.5. The Morgan fingerprint density at radius 2 is 1.93 bits per heavy atom. The molecule has 8 heteroatoms. The predicted molar refractivity (Wildman–Crippen MR) is 93.9 cm³/mol. The summed E-state index contributed by atoms with van der Waals surface area (Å²) in [5.41, 5.74) is 0.226. The van der Waals surface area contributed by atoms with Crippen LogP contribution < -0.4 is 9.64 Å². The van der Waals surface area contributed by atoms with Gasteiger partial charge in [0.2, 0.25) is 0 Å². The molecule has 0 aliphatic rings. The van der Waals surface area contributed by atoms with Crippen molar-refractivity contribution in [1.82, 2.24) is 0 Å². The van der Waals surface area contributed by atoms with Crippen molar-refractivity contribution in [2.45, 2.75) is 6.42 Å². The van der Waals surface area contributed by atoms with E-state index in [2.05, 4.69) is 0 Å². The van der Waals surface area contributed by atoms with Crippen molar-refractivity contribution in [1.29, 1.82) is 5.26 Å². The van der Waals surface area contributed by atoms with E-state index in [1.54, 1.807) is 0 Å². The molecule has 7 nitrogen and oxygen atoms in total. The average molecular weight is 372 g/mol. The van der Waals surface area contributed by atoms with E-state index in [4.69, 9.17) is 14.7 Å². The summed E-state index contributed by atoms with van der Waals surface area (Å²) in [6.45, 7) is -0.554. The summed E-state index contributed by atoms with van der Waals surface area (Å²) in [6.07, 6.45) is 0.0493. The van der Waals surface area contributed by atoms with Gasteiger partial charge in [-0.3, -0.25) is 4.79 Å². The molecular weight excluding hydrogens is 355 g/mol.